The normalized spacial score (nSPS) is 45.4. The Hall–Kier alpha value is -1.38. The fourth-order valence-corrected chi connectivity index (χ4v) is 7.81. The van der Waals surface area contributed by atoms with E-state index in [2.05, 4.69) is 25.0 Å². The van der Waals surface area contributed by atoms with Gasteiger partial charge in [-0.25, -0.2) is 0 Å². The maximum absolute atomic E-state index is 13.4. The molecule has 4 aliphatic rings. The number of aryl methyl sites for hydroxylation is 1. The van der Waals surface area contributed by atoms with Crippen molar-refractivity contribution in [1.29, 1.82) is 0 Å². The van der Waals surface area contributed by atoms with Crippen LogP contribution in [0.15, 0.2) is 18.0 Å². The summed E-state index contributed by atoms with van der Waals surface area (Å²) in [7, 11) is 1.94. The lowest BCUT2D eigenvalue weighted by Gasteiger charge is -2.59. The molecule has 0 bridgehead atoms. The van der Waals surface area contributed by atoms with Crippen LogP contribution in [0.1, 0.15) is 77.2 Å². The molecule has 0 aromatic carbocycles. The number of fused-ring (bicyclic) bond motifs is 5. The smallest absolute Gasteiger partial charge is 0.165 e. The summed E-state index contributed by atoms with van der Waals surface area (Å²) >= 11 is 0. The van der Waals surface area contributed by atoms with Crippen molar-refractivity contribution in [1.82, 2.24) is 9.78 Å². The highest BCUT2D eigenvalue weighted by atomic mass is 16.1. The summed E-state index contributed by atoms with van der Waals surface area (Å²) in [5.74, 6) is 3.54. The van der Waals surface area contributed by atoms with E-state index in [-0.39, 0.29) is 5.41 Å². The first-order valence-corrected chi connectivity index (χ1v) is 11.2. The summed E-state index contributed by atoms with van der Waals surface area (Å²) < 4.78 is 1.82. The SMILES string of the molecule is Cn1cc(/C=C2/CC3C4CCC5CCCCC5(C)C4CCC3(C)C2=O)cn1. The van der Waals surface area contributed by atoms with Gasteiger partial charge in [0, 0.05) is 24.2 Å². The molecule has 4 saturated carbocycles. The highest BCUT2D eigenvalue weighted by Gasteiger charge is 2.60. The first-order valence-electron chi connectivity index (χ1n) is 11.2. The van der Waals surface area contributed by atoms with Gasteiger partial charge in [-0.1, -0.05) is 26.7 Å². The minimum absolute atomic E-state index is 0.118. The second-order valence-electron chi connectivity index (χ2n) is 10.5. The van der Waals surface area contributed by atoms with Crippen LogP contribution in [0.25, 0.3) is 6.08 Å². The van der Waals surface area contributed by atoms with Crippen molar-refractivity contribution in [2.45, 2.75) is 71.6 Å². The molecule has 4 fully saturated rings. The standard InChI is InChI=1S/C24H34N2O/c1-23-10-5-4-6-18(23)7-8-19-20(23)9-11-24(2)21(19)13-17(22(24)27)12-16-14-25-26(3)15-16/h12,14-15,18-21H,4-11,13H2,1-3H3/b17-12-. The Kier molecular flexibility index (Phi) is 3.97. The predicted molar refractivity (Wildman–Crippen MR) is 108 cm³/mol. The van der Waals surface area contributed by atoms with Crippen LogP contribution >= 0.6 is 0 Å². The molecule has 146 valence electrons. The van der Waals surface area contributed by atoms with E-state index in [0.717, 1.165) is 41.7 Å². The van der Waals surface area contributed by atoms with Gasteiger partial charge in [0.05, 0.1) is 6.20 Å². The van der Waals surface area contributed by atoms with Crippen molar-refractivity contribution < 1.29 is 4.79 Å². The zero-order chi connectivity index (χ0) is 18.8. The van der Waals surface area contributed by atoms with Gasteiger partial charge in [0.15, 0.2) is 5.78 Å². The first-order chi connectivity index (χ1) is 12.9. The topological polar surface area (TPSA) is 34.9 Å². The monoisotopic (exact) mass is 366 g/mol. The molecule has 6 atom stereocenters. The Labute approximate surface area is 163 Å². The summed E-state index contributed by atoms with van der Waals surface area (Å²) in [5.41, 5.74) is 2.56. The number of rotatable bonds is 1. The molecule has 5 rings (SSSR count). The van der Waals surface area contributed by atoms with Crippen molar-refractivity contribution in [3.05, 3.63) is 23.5 Å². The second-order valence-corrected chi connectivity index (χ2v) is 10.5. The van der Waals surface area contributed by atoms with Crippen molar-refractivity contribution in [2.75, 3.05) is 0 Å². The number of Topliss-reactive ketones (excluding diaryl/α,β-unsaturated/α-hetero) is 1. The summed E-state index contributed by atoms with van der Waals surface area (Å²) in [5, 5.41) is 4.27. The minimum Gasteiger partial charge on any atom is -0.294 e. The number of hydrogen-bond donors (Lipinski definition) is 0. The average Bonchev–Trinajstić information content (AvgIpc) is 3.16. The fourth-order valence-electron chi connectivity index (χ4n) is 7.81. The highest BCUT2D eigenvalue weighted by Crippen LogP contribution is 2.66. The van der Waals surface area contributed by atoms with E-state index < -0.39 is 0 Å². The maximum atomic E-state index is 13.4. The van der Waals surface area contributed by atoms with Crippen LogP contribution in [0.3, 0.4) is 0 Å². The molecule has 27 heavy (non-hydrogen) atoms. The van der Waals surface area contributed by atoms with Crippen LogP contribution < -0.4 is 0 Å². The largest absolute Gasteiger partial charge is 0.294 e. The van der Waals surface area contributed by atoms with Gasteiger partial charge >= 0.3 is 0 Å². The van der Waals surface area contributed by atoms with Gasteiger partial charge in [0.1, 0.15) is 0 Å². The van der Waals surface area contributed by atoms with E-state index in [0.29, 0.717) is 17.1 Å². The molecule has 0 N–H and O–H groups in total. The van der Waals surface area contributed by atoms with Gasteiger partial charge in [-0.3, -0.25) is 9.48 Å². The number of nitrogens with zero attached hydrogens (tertiary/aromatic N) is 2. The molecule has 6 unspecified atom stereocenters. The Morgan fingerprint density at radius 2 is 1.96 bits per heavy atom. The van der Waals surface area contributed by atoms with Crippen LogP contribution in [0.4, 0.5) is 0 Å². The highest BCUT2D eigenvalue weighted by molar-refractivity contribution is 6.05. The molecule has 3 nitrogen and oxygen atoms in total. The number of carbonyl (C=O) groups is 1. The molecule has 1 aromatic heterocycles. The van der Waals surface area contributed by atoms with E-state index in [4.69, 9.17) is 0 Å². The molecule has 4 aliphatic carbocycles. The van der Waals surface area contributed by atoms with E-state index in [9.17, 15) is 4.79 Å². The third kappa shape index (κ3) is 2.53. The predicted octanol–water partition coefficient (Wildman–Crippen LogP) is 5.42. The Balaban J connectivity index is 1.46. The quantitative estimate of drug-likeness (QED) is 0.622. The zero-order valence-electron chi connectivity index (χ0n) is 17.2. The lowest BCUT2D eigenvalue weighted by Crippen LogP contribution is -2.52. The summed E-state index contributed by atoms with van der Waals surface area (Å²) in [6.45, 7) is 4.90. The lowest BCUT2D eigenvalue weighted by atomic mass is 9.45. The molecule has 0 radical (unpaired) electrons. The summed E-state index contributed by atoms with van der Waals surface area (Å²) in [6.07, 6.45) is 17.9. The van der Waals surface area contributed by atoms with E-state index in [1.54, 1.807) is 0 Å². The molecule has 0 amide bonds. The van der Waals surface area contributed by atoms with Crippen molar-refractivity contribution in [3.8, 4) is 0 Å². The van der Waals surface area contributed by atoms with Crippen LogP contribution in [0.2, 0.25) is 0 Å². The van der Waals surface area contributed by atoms with E-state index in [1.165, 1.54) is 44.9 Å². The molecular formula is C24H34N2O. The number of hydrogen-bond acceptors (Lipinski definition) is 2. The Bertz CT molecular complexity index is 792. The van der Waals surface area contributed by atoms with Crippen LogP contribution in [0.5, 0.6) is 0 Å². The van der Waals surface area contributed by atoms with Gasteiger partial charge in [0.25, 0.3) is 0 Å². The van der Waals surface area contributed by atoms with Gasteiger partial charge in [-0.05, 0) is 85.7 Å². The molecule has 1 heterocycles. The Morgan fingerprint density at radius 3 is 2.74 bits per heavy atom. The second kappa shape index (κ2) is 6.06. The minimum atomic E-state index is -0.118. The number of ketones is 1. The number of aromatic nitrogens is 2. The van der Waals surface area contributed by atoms with Crippen LogP contribution in [-0.4, -0.2) is 15.6 Å². The molecular weight excluding hydrogens is 332 g/mol. The van der Waals surface area contributed by atoms with Crippen molar-refractivity contribution in [2.24, 2.45) is 41.5 Å². The van der Waals surface area contributed by atoms with Gasteiger partial charge < -0.3 is 0 Å². The first kappa shape index (κ1) is 17.7. The number of allylic oxidation sites excluding steroid dienone is 1. The average molecular weight is 367 g/mol. The van der Waals surface area contributed by atoms with Crippen LogP contribution in [-0.2, 0) is 11.8 Å². The molecule has 0 spiro atoms. The third-order valence-electron chi connectivity index (χ3n) is 9.29. The molecule has 0 saturated heterocycles. The Morgan fingerprint density at radius 1 is 1.11 bits per heavy atom. The third-order valence-corrected chi connectivity index (χ3v) is 9.29. The molecule has 1 aromatic rings. The summed E-state index contributed by atoms with van der Waals surface area (Å²) in [4.78, 5) is 13.4. The van der Waals surface area contributed by atoms with Gasteiger partial charge in [0.2, 0.25) is 0 Å². The molecule has 3 heteroatoms. The van der Waals surface area contributed by atoms with E-state index in [1.807, 2.05) is 24.1 Å². The number of carbonyl (C=O) groups excluding carboxylic acids is 1. The van der Waals surface area contributed by atoms with Gasteiger partial charge in [-0.2, -0.15) is 5.10 Å². The van der Waals surface area contributed by atoms with Gasteiger partial charge in [-0.15, -0.1) is 0 Å². The zero-order valence-corrected chi connectivity index (χ0v) is 17.2. The van der Waals surface area contributed by atoms with Crippen molar-refractivity contribution >= 4 is 11.9 Å². The summed E-state index contributed by atoms with van der Waals surface area (Å²) in [6, 6.07) is 0. The lowest BCUT2D eigenvalue weighted by molar-refractivity contribution is -0.137. The van der Waals surface area contributed by atoms with Crippen molar-refractivity contribution in [3.63, 3.8) is 0 Å². The van der Waals surface area contributed by atoms with Crippen LogP contribution in [0, 0.1) is 34.5 Å². The van der Waals surface area contributed by atoms with E-state index >= 15 is 0 Å². The maximum Gasteiger partial charge on any atom is 0.165 e. The fraction of sp³-hybridized carbons (Fsp3) is 0.750. The molecule has 0 aliphatic heterocycles.